The average molecular weight is 500 g/mol. The Bertz CT molecular complexity index is 1550. The molecule has 8 nitrogen and oxygen atoms in total. The van der Waals surface area contributed by atoms with E-state index in [1.165, 1.54) is 18.5 Å². The van der Waals surface area contributed by atoms with Crippen LogP contribution in [0.4, 0.5) is 15.9 Å². The largest absolute Gasteiger partial charge is 0.494 e. The minimum Gasteiger partial charge on any atom is -0.494 e. The summed E-state index contributed by atoms with van der Waals surface area (Å²) in [4.78, 5) is 20.3. The molecule has 0 aliphatic heterocycles. The van der Waals surface area contributed by atoms with Crippen LogP contribution in [-0.2, 0) is 16.1 Å². The van der Waals surface area contributed by atoms with Gasteiger partial charge in [0.25, 0.3) is 0 Å². The van der Waals surface area contributed by atoms with E-state index in [4.69, 9.17) is 9.47 Å². The molecule has 5 rings (SSSR count). The Morgan fingerprint density at radius 3 is 2.86 bits per heavy atom. The third kappa shape index (κ3) is 5.83. The number of ether oxygens (including phenoxy) is 2. The Kier molecular flexibility index (Phi) is 7.21. The number of carbonyl (C=O) groups is 1. The van der Waals surface area contributed by atoms with E-state index >= 15 is 0 Å². The lowest BCUT2D eigenvalue weighted by Crippen LogP contribution is -2.06. The van der Waals surface area contributed by atoms with Crippen molar-refractivity contribution in [3.8, 4) is 5.75 Å². The summed E-state index contributed by atoms with van der Waals surface area (Å²) in [5.41, 5.74) is 3.42. The summed E-state index contributed by atoms with van der Waals surface area (Å²) in [7, 11) is 0. The molecule has 1 N–H and O–H groups in total. The summed E-state index contributed by atoms with van der Waals surface area (Å²) >= 11 is 0. The van der Waals surface area contributed by atoms with Gasteiger partial charge < -0.3 is 14.8 Å². The highest BCUT2D eigenvalue weighted by atomic mass is 19.1. The van der Waals surface area contributed by atoms with Gasteiger partial charge in [-0.3, -0.25) is 9.48 Å². The Labute approximate surface area is 213 Å². The molecule has 2 heterocycles. The standard InChI is InChI=1S/C28H26FN5O3/c1-2-36-27(35)7-4-12-37-23-9-10-25-24(15-23)28(31-18-30-25)33-22-8-11-26-20(14-22)16-32-34(26)17-19-5-3-6-21(29)13-19/h3,5-6,8-11,13-16,18H,2,4,7,12,17H2,1H3,(H,30,31,33). The van der Waals surface area contributed by atoms with Gasteiger partial charge in [-0.1, -0.05) is 12.1 Å². The summed E-state index contributed by atoms with van der Waals surface area (Å²) in [5, 5.41) is 9.62. The van der Waals surface area contributed by atoms with Gasteiger partial charge in [-0.2, -0.15) is 5.10 Å². The number of nitrogens with one attached hydrogen (secondary N) is 1. The van der Waals surface area contributed by atoms with E-state index in [-0.39, 0.29) is 11.8 Å². The van der Waals surface area contributed by atoms with Crippen LogP contribution >= 0.6 is 0 Å². The molecule has 0 spiro atoms. The lowest BCUT2D eigenvalue weighted by molar-refractivity contribution is -0.143. The molecule has 0 saturated heterocycles. The van der Waals surface area contributed by atoms with Gasteiger partial charge in [-0.25, -0.2) is 14.4 Å². The van der Waals surface area contributed by atoms with Crippen LogP contribution in [0.25, 0.3) is 21.8 Å². The smallest absolute Gasteiger partial charge is 0.305 e. The summed E-state index contributed by atoms with van der Waals surface area (Å²) in [5.74, 6) is 0.834. The van der Waals surface area contributed by atoms with Crippen molar-refractivity contribution in [3.05, 3.63) is 84.6 Å². The van der Waals surface area contributed by atoms with Gasteiger partial charge in [0.05, 0.1) is 37.0 Å². The summed E-state index contributed by atoms with van der Waals surface area (Å²) < 4.78 is 26.2. The summed E-state index contributed by atoms with van der Waals surface area (Å²) in [6.45, 7) is 3.05. The molecule has 0 aliphatic carbocycles. The van der Waals surface area contributed by atoms with E-state index in [2.05, 4.69) is 20.4 Å². The molecule has 0 amide bonds. The molecule has 0 aliphatic rings. The van der Waals surface area contributed by atoms with Gasteiger partial charge >= 0.3 is 5.97 Å². The number of hydrogen-bond acceptors (Lipinski definition) is 7. The lowest BCUT2D eigenvalue weighted by atomic mass is 10.2. The molecule has 0 fully saturated rings. The minimum atomic E-state index is -0.261. The molecular formula is C28H26FN5O3. The molecule has 0 atom stereocenters. The van der Waals surface area contributed by atoms with Crippen LogP contribution in [-0.4, -0.2) is 38.9 Å². The first kappa shape index (κ1) is 24.2. The van der Waals surface area contributed by atoms with E-state index in [0.717, 1.165) is 33.1 Å². The fourth-order valence-electron chi connectivity index (χ4n) is 4.10. The first-order valence-electron chi connectivity index (χ1n) is 12.1. The number of halogens is 1. The van der Waals surface area contributed by atoms with E-state index in [1.54, 1.807) is 19.2 Å². The van der Waals surface area contributed by atoms with Crippen molar-refractivity contribution in [3.63, 3.8) is 0 Å². The van der Waals surface area contributed by atoms with Crippen LogP contribution in [0.2, 0.25) is 0 Å². The van der Waals surface area contributed by atoms with Gasteiger partial charge in [-0.05, 0) is 67.4 Å². The SMILES string of the molecule is CCOC(=O)CCCOc1ccc2ncnc(Nc3ccc4c(cnn4Cc4cccc(F)c4)c3)c2c1. The van der Waals surface area contributed by atoms with Crippen molar-refractivity contribution >= 4 is 39.3 Å². The number of carbonyl (C=O) groups excluding carboxylic acids is 1. The van der Waals surface area contributed by atoms with Crippen LogP contribution in [0.3, 0.4) is 0 Å². The molecule has 0 radical (unpaired) electrons. The molecule has 9 heteroatoms. The third-order valence-electron chi connectivity index (χ3n) is 5.83. The quantitative estimate of drug-likeness (QED) is 0.197. The maximum Gasteiger partial charge on any atom is 0.305 e. The second-order valence-corrected chi connectivity index (χ2v) is 8.49. The topological polar surface area (TPSA) is 91.2 Å². The highest BCUT2D eigenvalue weighted by molar-refractivity contribution is 5.92. The highest BCUT2D eigenvalue weighted by Crippen LogP contribution is 2.28. The van der Waals surface area contributed by atoms with Crippen molar-refractivity contribution in [2.45, 2.75) is 26.3 Å². The fourth-order valence-corrected chi connectivity index (χ4v) is 4.10. The fraction of sp³-hybridized carbons (Fsp3) is 0.214. The molecule has 0 saturated carbocycles. The van der Waals surface area contributed by atoms with Crippen LogP contribution in [0.1, 0.15) is 25.3 Å². The van der Waals surface area contributed by atoms with Gasteiger partial charge in [0, 0.05) is 22.9 Å². The number of rotatable bonds is 10. The molecule has 5 aromatic rings. The van der Waals surface area contributed by atoms with Crippen LogP contribution in [0, 0.1) is 5.82 Å². The van der Waals surface area contributed by atoms with Crippen molar-refractivity contribution in [2.24, 2.45) is 0 Å². The normalized spacial score (nSPS) is 11.1. The number of aromatic nitrogens is 4. The number of hydrogen-bond donors (Lipinski definition) is 1. The molecule has 37 heavy (non-hydrogen) atoms. The van der Waals surface area contributed by atoms with Crippen LogP contribution in [0.15, 0.2) is 73.2 Å². The Morgan fingerprint density at radius 2 is 2.00 bits per heavy atom. The molecular weight excluding hydrogens is 473 g/mol. The van der Waals surface area contributed by atoms with E-state index < -0.39 is 0 Å². The summed E-state index contributed by atoms with van der Waals surface area (Å²) in [6, 6.07) is 18.1. The number of fused-ring (bicyclic) bond motifs is 2. The molecule has 2 aromatic heterocycles. The number of benzene rings is 3. The number of nitrogens with zero attached hydrogens (tertiary/aromatic N) is 4. The van der Waals surface area contributed by atoms with Gasteiger partial charge in [-0.15, -0.1) is 0 Å². The number of esters is 1. The van der Waals surface area contributed by atoms with Gasteiger partial charge in [0.15, 0.2) is 0 Å². The van der Waals surface area contributed by atoms with Crippen LogP contribution < -0.4 is 10.1 Å². The van der Waals surface area contributed by atoms with Crippen molar-refractivity contribution < 1.29 is 18.7 Å². The molecule has 3 aromatic carbocycles. The second-order valence-electron chi connectivity index (χ2n) is 8.49. The van der Waals surface area contributed by atoms with E-state index in [1.807, 2.05) is 47.1 Å². The van der Waals surface area contributed by atoms with Crippen LogP contribution in [0.5, 0.6) is 5.75 Å². The Hall–Kier alpha value is -4.53. The lowest BCUT2D eigenvalue weighted by Gasteiger charge is -2.11. The maximum absolute atomic E-state index is 13.6. The zero-order valence-electron chi connectivity index (χ0n) is 20.4. The third-order valence-corrected chi connectivity index (χ3v) is 5.83. The van der Waals surface area contributed by atoms with E-state index in [9.17, 15) is 9.18 Å². The second kappa shape index (κ2) is 11.0. The maximum atomic E-state index is 13.6. The predicted octanol–water partition coefficient (Wildman–Crippen LogP) is 5.63. The molecule has 0 bridgehead atoms. The molecule has 0 unspecified atom stereocenters. The minimum absolute atomic E-state index is 0.221. The van der Waals surface area contributed by atoms with Crippen molar-refractivity contribution in [1.82, 2.24) is 19.7 Å². The number of anilines is 2. The zero-order chi connectivity index (χ0) is 25.6. The van der Waals surface area contributed by atoms with Gasteiger partial charge in [0.2, 0.25) is 0 Å². The first-order valence-corrected chi connectivity index (χ1v) is 12.1. The molecule has 188 valence electrons. The highest BCUT2D eigenvalue weighted by Gasteiger charge is 2.10. The Morgan fingerprint density at radius 1 is 1.08 bits per heavy atom. The van der Waals surface area contributed by atoms with E-state index in [0.29, 0.717) is 44.2 Å². The van der Waals surface area contributed by atoms with Crippen molar-refractivity contribution in [2.75, 3.05) is 18.5 Å². The zero-order valence-corrected chi connectivity index (χ0v) is 20.4. The average Bonchev–Trinajstić information content (AvgIpc) is 3.29. The summed E-state index contributed by atoms with van der Waals surface area (Å²) in [6.07, 6.45) is 4.19. The monoisotopic (exact) mass is 499 g/mol. The van der Waals surface area contributed by atoms with Crippen molar-refractivity contribution in [1.29, 1.82) is 0 Å². The first-order chi connectivity index (χ1) is 18.1. The Balaban J connectivity index is 1.31. The predicted molar refractivity (Wildman–Crippen MR) is 139 cm³/mol. The van der Waals surface area contributed by atoms with Gasteiger partial charge in [0.1, 0.15) is 23.7 Å².